The molecule has 0 saturated carbocycles. The van der Waals surface area contributed by atoms with E-state index in [2.05, 4.69) is 6.07 Å². The van der Waals surface area contributed by atoms with Gasteiger partial charge in [-0.3, -0.25) is 0 Å². The van der Waals surface area contributed by atoms with Crippen molar-refractivity contribution in [1.29, 1.82) is 0 Å². The molecule has 4 heteroatoms. The van der Waals surface area contributed by atoms with E-state index in [4.69, 9.17) is 21.3 Å². The summed E-state index contributed by atoms with van der Waals surface area (Å²) in [7, 11) is 0. The molecule has 2 aromatic carbocycles. The molecule has 0 aliphatic rings. The third-order valence-electron chi connectivity index (χ3n) is 4.16. The van der Waals surface area contributed by atoms with Gasteiger partial charge < -0.3 is 4.74 Å². The van der Waals surface area contributed by atoms with Gasteiger partial charge in [0.15, 0.2) is 0 Å². The van der Waals surface area contributed by atoms with Gasteiger partial charge in [0.25, 0.3) is 0 Å². The van der Waals surface area contributed by atoms with E-state index in [1.54, 1.807) is 0 Å². The first-order valence-electron chi connectivity index (χ1n) is 8.70. The van der Waals surface area contributed by atoms with E-state index in [1.165, 1.54) is 0 Å². The van der Waals surface area contributed by atoms with Crippen molar-refractivity contribution in [2.75, 3.05) is 6.61 Å². The molecule has 3 rings (SSSR count). The number of hydrogen-bond donors (Lipinski definition) is 0. The van der Waals surface area contributed by atoms with Gasteiger partial charge in [0.1, 0.15) is 0 Å². The van der Waals surface area contributed by atoms with Crippen LogP contribution in [0.4, 0.5) is 0 Å². The molecule has 0 saturated heterocycles. The molecule has 0 fully saturated rings. The fourth-order valence-corrected chi connectivity index (χ4v) is 3.06. The quantitative estimate of drug-likeness (QED) is 0.532. The molecule has 1 heterocycles. The number of rotatable bonds is 4. The van der Waals surface area contributed by atoms with Crippen molar-refractivity contribution < 1.29 is 9.53 Å². The second-order valence-corrected chi connectivity index (χ2v) is 7.47. The van der Waals surface area contributed by atoms with Crippen LogP contribution in [0.15, 0.2) is 42.5 Å². The molecule has 134 valence electrons. The molecule has 0 amide bonds. The minimum Gasteiger partial charge on any atom is -0.462 e. The fourth-order valence-electron chi connectivity index (χ4n) is 2.94. The lowest BCUT2D eigenvalue weighted by atomic mass is 10.00. The summed E-state index contributed by atoms with van der Waals surface area (Å²) in [6.45, 7) is 8.46. The molecule has 0 spiro atoms. The second kappa shape index (κ2) is 7.46. The molecule has 0 radical (unpaired) electrons. The summed E-state index contributed by atoms with van der Waals surface area (Å²) in [5.74, 6) is -0.0300. The summed E-state index contributed by atoms with van der Waals surface area (Å²) in [5, 5.41) is 1.49. The zero-order valence-electron chi connectivity index (χ0n) is 15.5. The molecular weight excluding hydrogens is 346 g/mol. The molecule has 26 heavy (non-hydrogen) atoms. The number of hydrogen-bond acceptors (Lipinski definition) is 3. The van der Waals surface area contributed by atoms with Crippen molar-refractivity contribution >= 4 is 28.5 Å². The number of nitrogens with zero attached hydrogens (tertiary/aromatic N) is 1. The summed E-state index contributed by atoms with van der Waals surface area (Å²) < 4.78 is 5.50. The summed E-state index contributed by atoms with van der Waals surface area (Å²) in [6, 6.07) is 13.3. The Kier molecular flexibility index (Phi) is 5.28. The highest BCUT2D eigenvalue weighted by Gasteiger charge is 2.17. The number of fused-ring (bicyclic) bond motifs is 1. The molecule has 3 aromatic rings. The molecule has 0 unspecified atom stereocenters. The van der Waals surface area contributed by atoms with Gasteiger partial charge in [-0.25, -0.2) is 9.78 Å². The number of carbonyl (C=O) groups excluding carboxylic acids is 1. The van der Waals surface area contributed by atoms with E-state index in [0.29, 0.717) is 17.2 Å². The number of ether oxygens (including phenoxy) is 1. The number of carbonyl (C=O) groups is 1. The highest BCUT2D eigenvalue weighted by Crippen LogP contribution is 2.29. The van der Waals surface area contributed by atoms with Crippen molar-refractivity contribution in [3.8, 4) is 11.3 Å². The van der Waals surface area contributed by atoms with Crippen LogP contribution in [0.1, 0.15) is 35.3 Å². The molecule has 0 atom stereocenters. The number of aromatic nitrogens is 1. The first kappa shape index (κ1) is 18.4. The van der Waals surface area contributed by atoms with Gasteiger partial charge in [-0.2, -0.15) is 0 Å². The number of benzene rings is 2. The van der Waals surface area contributed by atoms with Crippen molar-refractivity contribution in [2.24, 2.45) is 5.92 Å². The van der Waals surface area contributed by atoms with E-state index >= 15 is 0 Å². The maximum atomic E-state index is 12.8. The largest absolute Gasteiger partial charge is 0.462 e. The second-order valence-electron chi connectivity index (χ2n) is 7.03. The van der Waals surface area contributed by atoms with Crippen LogP contribution in [-0.2, 0) is 4.74 Å². The van der Waals surface area contributed by atoms with Crippen LogP contribution in [-0.4, -0.2) is 17.6 Å². The van der Waals surface area contributed by atoms with E-state index in [1.807, 2.05) is 64.1 Å². The predicted octanol–water partition coefficient (Wildman–Crippen LogP) is 5.98. The maximum Gasteiger partial charge on any atom is 0.338 e. The predicted molar refractivity (Wildman–Crippen MR) is 107 cm³/mol. The van der Waals surface area contributed by atoms with Crippen LogP contribution in [0.3, 0.4) is 0 Å². The van der Waals surface area contributed by atoms with E-state index in [-0.39, 0.29) is 11.9 Å². The van der Waals surface area contributed by atoms with Crippen LogP contribution in [0.25, 0.3) is 22.2 Å². The van der Waals surface area contributed by atoms with Crippen molar-refractivity contribution in [2.45, 2.75) is 27.7 Å². The third-order valence-corrected chi connectivity index (χ3v) is 4.41. The molecular formula is C22H22ClNO2. The molecule has 0 N–H and O–H groups in total. The Hall–Kier alpha value is -2.39. The molecule has 0 bridgehead atoms. The fraction of sp³-hybridized carbons (Fsp3) is 0.273. The monoisotopic (exact) mass is 367 g/mol. The summed E-state index contributed by atoms with van der Waals surface area (Å²) in [4.78, 5) is 17.6. The van der Waals surface area contributed by atoms with Crippen molar-refractivity contribution in [1.82, 2.24) is 4.98 Å². The van der Waals surface area contributed by atoms with E-state index in [0.717, 1.165) is 33.3 Å². The lowest BCUT2D eigenvalue weighted by Crippen LogP contribution is -2.11. The first-order valence-corrected chi connectivity index (χ1v) is 9.08. The van der Waals surface area contributed by atoms with E-state index in [9.17, 15) is 4.79 Å². The SMILES string of the molecule is Cc1cc(C)c2nc(-c3ccc(Cl)cc3)cc(C(=O)OCC(C)C)c2c1. The number of esters is 1. The van der Waals surface area contributed by atoms with Crippen molar-refractivity contribution in [3.05, 3.63) is 64.2 Å². The Bertz CT molecular complexity index is 962. The lowest BCUT2D eigenvalue weighted by Gasteiger charge is -2.13. The Morgan fingerprint density at radius 3 is 2.46 bits per heavy atom. The normalized spacial score (nSPS) is 11.2. The highest BCUT2D eigenvalue weighted by molar-refractivity contribution is 6.30. The molecule has 1 aromatic heterocycles. The smallest absolute Gasteiger partial charge is 0.338 e. The Morgan fingerprint density at radius 1 is 1.12 bits per heavy atom. The number of halogens is 1. The van der Waals surface area contributed by atoms with Gasteiger partial charge in [0.05, 0.1) is 23.4 Å². The van der Waals surface area contributed by atoms with E-state index < -0.39 is 0 Å². The maximum absolute atomic E-state index is 12.8. The summed E-state index contributed by atoms with van der Waals surface area (Å²) >= 11 is 5.99. The first-order chi connectivity index (χ1) is 12.3. The Balaban J connectivity index is 2.19. The van der Waals surface area contributed by atoms with Crippen LogP contribution < -0.4 is 0 Å². The minimum absolute atomic E-state index is 0.284. The number of aryl methyl sites for hydroxylation is 2. The zero-order valence-corrected chi connectivity index (χ0v) is 16.2. The third kappa shape index (κ3) is 3.88. The zero-order chi connectivity index (χ0) is 18.8. The van der Waals surface area contributed by atoms with Crippen molar-refractivity contribution in [3.63, 3.8) is 0 Å². The van der Waals surface area contributed by atoms with Crippen LogP contribution in [0.2, 0.25) is 5.02 Å². The Morgan fingerprint density at radius 2 is 1.81 bits per heavy atom. The van der Waals surface area contributed by atoms with Gasteiger partial charge in [-0.05, 0) is 49.6 Å². The van der Waals surface area contributed by atoms with Gasteiger partial charge in [0.2, 0.25) is 0 Å². The van der Waals surface area contributed by atoms with Crippen LogP contribution in [0, 0.1) is 19.8 Å². The average molecular weight is 368 g/mol. The van der Waals surface area contributed by atoms with Crippen LogP contribution >= 0.6 is 11.6 Å². The molecule has 3 nitrogen and oxygen atoms in total. The minimum atomic E-state index is -0.314. The van der Waals surface area contributed by atoms with Gasteiger partial charge in [-0.1, -0.05) is 49.2 Å². The lowest BCUT2D eigenvalue weighted by molar-refractivity contribution is 0.0461. The standard InChI is InChI=1S/C22H22ClNO2/c1-13(2)12-26-22(25)19-11-20(16-5-7-17(23)8-6-16)24-21-15(4)9-14(3)10-18(19)21/h5-11,13H,12H2,1-4H3. The molecule has 0 aliphatic heterocycles. The van der Waals surface area contributed by atoms with Gasteiger partial charge in [0, 0.05) is 16.0 Å². The average Bonchev–Trinajstić information content (AvgIpc) is 2.59. The highest BCUT2D eigenvalue weighted by atomic mass is 35.5. The summed E-state index contributed by atoms with van der Waals surface area (Å²) in [6.07, 6.45) is 0. The van der Waals surface area contributed by atoms with Gasteiger partial charge in [-0.15, -0.1) is 0 Å². The van der Waals surface area contributed by atoms with Gasteiger partial charge >= 0.3 is 5.97 Å². The molecule has 0 aliphatic carbocycles. The van der Waals surface area contributed by atoms with Crippen LogP contribution in [0.5, 0.6) is 0 Å². The Labute approximate surface area is 159 Å². The summed E-state index contributed by atoms with van der Waals surface area (Å²) in [5.41, 5.74) is 5.14. The number of pyridine rings is 1. The topological polar surface area (TPSA) is 39.2 Å².